The van der Waals surface area contributed by atoms with E-state index in [1.165, 1.54) is 0 Å². The van der Waals surface area contributed by atoms with Gasteiger partial charge in [0.1, 0.15) is 0 Å². The second-order valence-electron chi connectivity index (χ2n) is 6.12. The van der Waals surface area contributed by atoms with E-state index in [0.29, 0.717) is 23.5 Å². The maximum Gasteiger partial charge on any atom is 0.214 e. The highest BCUT2D eigenvalue weighted by molar-refractivity contribution is 7.89. The fraction of sp³-hybridized carbons (Fsp3) is 1.00. The minimum absolute atomic E-state index is 0.356. The van der Waals surface area contributed by atoms with Crippen molar-refractivity contribution in [2.75, 3.05) is 31.9 Å². The molecule has 106 valence electrons. The van der Waals surface area contributed by atoms with Gasteiger partial charge < -0.3 is 5.32 Å². The maximum atomic E-state index is 12.4. The van der Waals surface area contributed by atoms with Crippen LogP contribution >= 0.6 is 0 Å². The van der Waals surface area contributed by atoms with Gasteiger partial charge in [-0.05, 0) is 50.1 Å². The molecule has 0 radical (unpaired) electrons. The van der Waals surface area contributed by atoms with Crippen molar-refractivity contribution in [3.05, 3.63) is 0 Å². The third-order valence-corrected chi connectivity index (χ3v) is 6.44. The molecule has 0 saturated carbocycles. The van der Waals surface area contributed by atoms with Crippen LogP contribution in [0, 0.1) is 17.8 Å². The molecular weight excluding hydrogens is 248 g/mol. The van der Waals surface area contributed by atoms with Crippen LogP contribution in [0.5, 0.6) is 0 Å². The molecule has 0 aliphatic carbocycles. The molecule has 1 unspecified atom stereocenters. The van der Waals surface area contributed by atoms with Crippen LogP contribution in [0.25, 0.3) is 0 Å². The van der Waals surface area contributed by atoms with Gasteiger partial charge >= 0.3 is 0 Å². The van der Waals surface area contributed by atoms with Crippen molar-refractivity contribution in [1.29, 1.82) is 0 Å². The summed E-state index contributed by atoms with van der Waals surface area (Å²) in [5.41, 5.74) is 0. The Morgan fingerprint density at radius 2 is 1.89 bits per heavy atom. The molecule has 0 bridgehead atoms. The summed E-state index contributed by atoms with van der Waals surface area (Å²) in [5, 5.41) is 3.28. The Balaban J connectivity index is 1.90. The SMILES string of the molecule is CC(C)C1CCN(S(=O)(=O)CC2CCNCC2)C1. The van der Waals surface area contributed by atoms with E-state index in [1.54, 1.807) is 4.31 Å². The lowest BCUT2D eigenvalue weighted by molar-refractivity contribution is 0.374. The molecule has 5 heteroatoms. The van der Waals surface area contributed by atoms with Crippen LogP contribution in [0.15, 0.2) is 0 Å². The summed E-state index contributed by atoms with van der Waals surface area (Å²) < 4.78 is 26.5. The van der Waals surface area contributed by atoms with E-state index < -0.39 is 10.0 Å². The van der Waals surface area contributed by atoms with Crippen LogP contribution in [0.4, 0.5) is 0 Å². The first kappa shape index (κ1) is 14.3. The first-order valence-corrected chi connectivity index (χ1v) is 8.78. The number of sulfonamides is 1. The zero-order valence-corrected chi connectivity index (χ0v) is 12.4. The number of rotatable bonds is 4. The molecule has 4 nitrogen and oxygen atoms in total. The van der Waals surface area contributed by atoms with E-state index in [2.05, 4.69) is 19.2 Å². The molecule has 2 fully saturated rings. The monoisotopic (exact) mass is 274 g/mol. The Kier molecular flexibility index (Phi) is 4.67. The predicted molar refractivity (Wildman–Crippen MR) is 73.9 cm³/mol. The molecule has 1 atom stereocenters. The van der Waals surface area contributed by atoms with Gasteiger partial charge in [-0.3, -0.25) is 0 Å². The minimum atomic E-state index is -3.02. The molecule has 0 spiro atoms. The van der Waals surface area contributed by atoms with Gasteiger partial charge in [-0.2, -0.15) is 0 Å². The fourth-order valence-electron chi connectivity index (χ4n) is 3.00. The second kappa shape index (κ2) is 5.88. The molecule has 18 heavy (non-hydrogen) atoms. The average Bonchev–Trinajstić information content (AvgIpc) is 2.79. The molecule has 1 N–H and O–H groups in total. The Labute approximate surface area is 111 Å². The van der Waals surface area contributed by atoms with E-state index in [-0.39, 0.29) is 0 Å². The van der Waals surface area contributed by atoms with E-state index in [4.69, 9.17) is 0 Å². The van der Waals surface area contributed by atoms with Crippen molar-refractivity contribution in [1.82, 2.24) is 9.62 Å². The van der Waals surface area contributed by atoms with E-state index in [0.717, 1.165) is 45.4 Å². The van der Waals surface area contributed by atoms with Crippen LogP contribution in [0.3, 0.4) is 0 Å². The topological polar surface area (TPSA) is 49.4 Å². The molecule has 0 aromatic rings. The molecule has 0 aromatic carbocycles. The van der Waals surface area contributed by atoms with Gasteiger partial charge in [-0.1, -0.05) is 13.8 Å². The summed E-state index contributed by atoms with van der Waals surface area (Å²) >= 11 is 0. The normalized spacial score (nSPS) is 28.1. The first-order chi connectivity index (χ1) is 8.49. The average molecular weight is 274 g/mol. The third kappa shape index (κ3) is 3.45. The van der Waals surface area contributed by atoms with E-state index in [1.807, 2.05) is 0 Å². The van der Waals surface area contributed by atoms with Gasteiger partial charge in [0.15, 0.2) is 0 Å². The molecule has 2 saturated heterocycles. The van der Waals surface area contributed by atoms with Crippen molar-refractivity contribution in [3.63, 3.8) is 0 Å². The van der Waals surface area contributed by atoms with Crippen molar-refractivity contribution in [2.24, 2.45) is 17.8 Å². The summed E-state index contributed by atoms with van der Waals surface area (Å²) in [5.74, 6) is 1.85. The maximum absolute atomic E-state index is 12.4. The standard InChI is InChI=1S/C13H26N2O2S/c1-11(2)13-5-8-15(9-13)18(16,17)10-12-3-6-14-7-4-12/h11-14H,3-10H2,1-2H3. The lowest BCUT2D eigenvalue weighted by Crippen LogP contribution is -2.37. The summed E-state index contributed by atoms with van der Waals surface area (Å²) in [4.78, 5) is 0. The Morgan fingerprint density at radius 1 is 1.22 bits per heavy atom. The van der Waals surface area contributed by atoms with Gasteiger partial charge in [0.2, 0.25) is 10.0 Å². The number of nitrogens with zero attached hydrogens (tertiary/aromatic N) is 1. The molecule has 2 aliphatic heterocycles. The molecular formula is C13H26N2O2S. The first-order valence-electron chi connectivity index (χ1n) is 7.17. The van der Waals surface area contributed by atoms with Crippen LogP contribution in [-0.2, 0) is 10.0 Å². The van der Waals surface area contributed by atoms with E-state index in [9.17, 15) is 8.42 Å². The van der Waals surface area contributed by atoms with Crippen LogP contribution < -0.4 is 5.32 Å². The number of nitrogens with one attached hydrogen (secondary N) is 1. The molecule has 0 amide bonds. The van der Waals surface area contributed by atoms with Crippen LogP contribution in [-0.4, -0.2) is 44.7 Å². The Bertz CT molecular complexity index is 361. The van der Waals surface area contributed by atoms with Crippen LogP contribution in [0.2, 0.25) is 0 Å². The second-order valence-corrected chi connectivity index (χ2v) is 8.14. The summed E-state index contributed by atoms with van der Waals surface area (Å²) in [6, 6.07) is 0. The zero-order chi connectivity index (χ0) is 13.2. The lowest BCUT2D eigenvalue weighted by atomic mass is 9.96. The summed E-state index contributed by atoms with van der Waals surface area (Å²) in [7, 11) is -3.02. The van der Waals surface area contributed by atoms with Gasteiger partial charge in [-0.15, -0.1) is 0 Å². The number of piperidine rings is 1. The fourth-order valence-corrected chi connectivity index (χ4v) is 4.94. The quantitative estimate of drug-likeness (QED) is 0.840. The third-order valence-electron chi connectivity index (χ3n) is 4.43. The predicted octanol–water partition coefficient (Wildman–Crippen LogP) is 1.29. The lowest BCUT2D eigenvalue weighted by Gasteiger charge is -2.25. The van der Waals surface area contributed by atoms with Crippen molar-refractivity contribution in [3.8, 4) is 0 Å². The van der Waals surface area contributed by atoms with Crippen LogP contribution in [0.1, 0.15) is 33.1 Å². The smallest absolute Gasteiger partial charge is 0.214 e. The highest BCUT2D eigenvalue weighted by Gasteiger charge is 2.34. The molecule has 2 heterocycles. The van der Waals surface area contributed by atoms with Crippen molar-refractivity contribution >= 4 is 10.0 Å². The summed E-state index contributed by atoms with van der Waals surface area (Å²) in [6.07, 6.45) is 3.03. The molecule has 2 aliphatic rings. The van der Waals surface area contributed by atoms with E-state index >= 15 is 0 Å². The van der Waals surface area contributed by atoms with Crippen molar-refractivity contribution in [2.45, 2.75) is 33.1 Å². The highest BCUT2D eigenvalue weighted by atomic mass is 32.2. The number of hydrogen-bond acceptors (Lipinski definition) is 3. The Morgan fingerprint density at radius 3 is 2.44 bits per heavy atom. The highest BCUT2D eigenvalue weighted by Crippen LogP contribution is 2.27. The van der Waals surface area contributed by atoms with Crippen molar-refractivity contribution < 1.29 is 8.42 Å². The van der Waals surface area contributed by atoms with Gasteiger partial charge in [0, 0.05) is 13.1 Å². The summed E-state index contributed by atoms with van der Waals surface area (Å²) in [6.45, 7) is 7.78. The zero-order valence-electron chi connectivity index (χ0n) is 11.6. The van der Waals surface area contributed by atoms with Gasteiger partial charge in [-0.25, -0.2) is 12.7 Å². The Hall–Kier alpha value is -0.130. The minimum Gasteiger partial charge on any atom is -0.317 e. The van der Waals surface area contributed by atoms with Gasteiger partial charge in [0.25, 0.3) is 0 Å². The largest absolute Gasteiger partial charge is 0.317 e. The molecule has 0 aromatic heterocycles. The number of hydrogen-bond donors (Lipinski definition) is 1. The molecule has 2 rings (SSSR count). The van der Waals surface area contributed by atoms with Gasteiger partial charge in [0.05, 0.1) is 5.75 Å².